The lowest BCUT2D eigenvalue weighted by molar-refractivity contribution is 1.44. The number of hydrogen-bond acceptors (Lipinski definition) is 1. The van der Waals surface area contributed by atoms with Gasteiger partial charge < -0.3 is 0 Å². The molecule has 1 heterocycles. The van der Waals surface area contributed by atoms with Crippen LogP contribution in [0, 0.1) is 6.92 Å². The molecule has 0 atom stereocenters. The zero-order valence-electron chi connectivity index (χ0n) is 11.6. The highest BCUT2D eigenvalue weighted by molar-refractivity contribution is 9.10. The van der Waals surface area contributed by atoms with E-state index >= 15 is 0 Å². The van der Waals surface area contributed by atoms with Gasteiger partial charge in [-0.1, -0.05) is 64.5 Å². The predicted octanol–water partition coefficient (Wildman–Crippen LogP) is 6.79. The van der Waals surface area contributed by atoms with Crippen molar-refractivity contribution < 1.29 is 0 Å². The van der Waals surface area contributed by atoms with E-state index in [1.54, 1.807) is 0 Å². The van der Waals surface area contributed by atoms with E-state index < -0.39 is 0 Å². The van der Waals surface area contributed by atoms with E-state index in [0.29, 0.717) is 0 Å². The molecule has 0 spiro atoms. The monoisotopic (exact) mass is 352 g/mol. The van der Waals surface area contributed by atoms with Crippen LogP contribution < -0.4 is 0 Å². The van der Waals surface area contributed by atoms with E-state index in [1.807, 2.05) is 11.3 Å². The van der Waals surface area contributed by atoms with Crippen molar-refractivity contribution in [3.63, 3.8) is 0 Å². The third-order valence-electron chi connectivity index (χ3n) is 3.94. The van der Waals surface area contributed by atoms with Crippen molar-refractivity contribution in [2.45, 2.75) is 6.92 Å². The zero-order chi connectivity index (χ0) is 14.4. The Bertz CT molecular complexity index is 966. The summed E-state index contributed by atoms with van der Waals surface area (Å²) in [7, 11) is 0. The second-order valence-electron chi connectivity index (χ2n) is 5.23. The molecule has 3 aromatic carbocycles. The Hall–Kier alpha value is -1.64. The van der Waals surface area contributed by atoms with Gasteiger partial charge in [-0.2, -0.15) is 0 Å². The molecule has 4 rings (SSSR count). The van der Waals surface area contributed by atoms with Crippen molar-refractivity contribution >= 4 is 48.1 Å². The van der Waals surface area contributed by atoms with Gasteiger partial charge in [-0.25, -0.2) is 0 Å². The smallest absolute Gasteiger partial charge is 0.0427 e. The first-order valence-corrected chi connectivity index (χ1v) is 8.52. The summed E-state index contributed by atoms with van der Waals surface area (Å²) in [5, 5.41) is 3.98. The molecular formula is C19H13BrS. The fourth-order valence-electron chi connectivity index (χ4n) is 2.78. The minimum atomic E-state index is 1.17. The third kappa shape index (κ3) is 2.10. The molecule has 0 radical (unpaired) electrons. The molecule has 0 fully saturated rings. The maximum atomic E-state index is 3.63. The molecular weight excluding hydrogens is 340 g/mol. The highest BCUT2D eigenvalue weighted by Crippen LogP contribution is 2.39. The second kappa shape index (κ2) is 4.97. The number of thiophene rings is 1. The molecule has 21 heavy (non-hydrogen) atoms. The van der Waals surface area contributed by atoms with Crippen molar-refractivity contribution in [2.75, 3.05) is 0 Å². The van der Waals surface area contributed by atoms with Gasteiger partial charge in [-0.3, -0.25) is 0 Å². The summed E-state index contributed by atoms with van der Waals surface area (Å²) in [6, 6.07) is 21.8. The lowest BCUT2D eigenvalue weighted by atomic mass is 10.1. The first kappa shape index (κ1) is 13.1. The molecule has 0 aliphatic carbocycles. The Morgan fingerprint density at radius 3 is 2.57 bits per heavy atom. The van der Waals surface area contributed by atoms with Gasteiger partial charge in [0.1, 0.15) is 0 Å². The number of fused-ring (bicyclic) bond motifs is 3. The van der Waals surface area contributed by atoms with Crippen LogP contribution >= 0.6 is 27.3 Å². The van der Waals surface area contributed by atoms with Crippen LogP contribution in [-0.4, -0.2) is 0 Å². The number of hydrogen-bond donors (Lipinski definition) is 0. The molecule has 102 valence electrons. The Labute approximate surface area is 136 Å². The summed E-state index contributed by atoms with van der Waals surface area (Å²) in [5.74, 6) is 0. The van der Waals surface area contributed by atoms with Gasteiger partial charge in [0.2, 0.25) is 0 Å². The fraction of sp³-hybridized carbons (Fsp3) is 0.0526. The average Bonchev–Trinajstić information content (AvgIpc) is 2.94. The highest BCUT2D eigenvalue weighted by Gasteiger charge is 2.10. The minimum absolute atomic E-state index is 1.17. The van der Waals surface area contributed by atoms with Crippen LogP contribution in [0.3, 0.4) is 0 Å². The normalized spacial score (nSPS) is 11.3. The maximum absolute atomic E-state index is 3.63. The standard InChI is InChI=1S/C19H13BrS/c1-12-15(7-4-8-17(12)20)18-11-14-10-9-13-5-2-3-6-16(13)19(14)21-18/h2-11H,1H3. The quantitative estimate of drug-likeness (QED) is 0.353. The van der Waals surface area contributed by atoms with E-state index in [4.69, 9.17) is 0 Å². The molecule has 0 saturated heterocycles. The minimum Gasteiger partial charge on any atom is -0.135 e. The molecule has 0 nitrogen and oxygen atoms in total. The maximum Gasteiger partial charge on any atom is 0.0427 e. The Balaban J connectivity index is 2.03. The van der Waals surface area contributed by atoms with Crippen LogP contribution in [-0.2, 0) is 0 Å². The lowest BCUT2D eigenvalue weighted by Crippen LogP contribution is -1.80. The van der Waals surface area contributed by atoms with Gasteiger partial charge in [-0.05, 0) is 46.3 Å². The number of rotatable bonds is 1. The first-order chi connectivity index (χ1) is 10.2. The van der Waals surface area contributed by atoms with Crippen LogP contribution in [0.25, 0.3) is 31.3 Å². The van der Waals surface area contributed by atoms with Crippen molar-refractivity contribution in [3.8, 4) is 10.4 Å². The van der Waals surface area contributed by atoms with Crippen molar-refractivity contribution in [1.29, 1.82) is 0 Å². The van der Waals surface area contributed by atoms with E-state index in [-0.39, 0.29) is 0 Å². The molecule has 0 bridgehead atoms. The van der Waals surface area contributed by atoms with E-state index in [2.05, 4.69) is 83.5 Å². The topological polar surface area (TPSA) is 0 Å². The molecule has 0 N–H and O–H groups in total. The number of halogens is 1. The van der Waals surface area contributed by atoms with E-state index in [1.165, 1.54) is 41.3 Å². The molecule has 4 aromatic rings. The summed E-state index contributed by atoms with van der Waals surface area (Å²) < 4.78 is 2.55. The van der Waals surface area contributed by atoms with Crippen LogP contribution in [0.1, 0.15) is 5.56 Å². The van der Waals surface area contributed by atoms with E-state index in [0.717, 1.165) is 0 Å². The predicted molar refractivity (Wildman–Crippen MR) is 97.2 cm³/mol. The summed E-state index contributed by atoms with van der Waals surface area (Å²) in [6.45, 7) is 2.17. The van der Waals surface area contributed by atoms with E-state index in [9.17, 15) is 0 Å². The Morgan fingerprint density at radius 1 is 0.857 bits per heavy atom. The van der Waals surface area contributed by atoms with Crippen LogP contribution in [0.4, 0.5) is 0 Å². The SMILES string of the molecule is Cc1c(Br)cccc1-c1cc2ccc3ccccc3c2s1. The average molecular weight is 353 g/mol. The third-order valence-corrected chi connectivity index (χ3v) is 6.02. The number of benzene rings is 3. The van der Waals surface area contributed by atoms with Gasteiger partial charge in [0.15, 0.2) is 0 Å². The largest absolute Gasteiger partial charge is 0.135 e. The Kier molecular flexibility index (Phi) is 3.09. The molecule has 0 aliphatic heterocycles. The molecule has 0 aliphatic rings. The van der Waals surface area contributed by atoms with Gasteiger partial charge in [0.25, 0.3) is 0 Å². The van der Waals surface area contributed by atoms with Crippen molar-refractivity contribution in [1.82, 2.24) is 0 Å². The second-order valence-corrected chi connectivity index (χ2v) is 7.13. The van der Waals surface area contributed by atoms with Crippen molar-refractivity contribution in [3.05, 3.63) is 70.7 Å². The fourth-order valence-corrected chi connectivity index (χ4v) is 4.42. The van der Waals surface area contributed by atoms with Crippen molar-refractivity contribution in [2.24, 2.45) is 0 Å². The van der Waals surface area contributed by atoms with Crippen LogP contribution in [0.2, 0.25) is 0 Å². The van der Waals surface area contributed by atoms with Gasteiger partial charge in [0.05, 0.1) is 0 Å². The summed E-state index contributed by atoms with van der Waals surface area (Å²) >= 11 is 5.51. The molecule has 0 amide bonds. The first-order valence-electron chi connectivity index (χ1n) is 6.91. The Morgan fingerprint density at radius 2 is 1.67 bits per heavy atom. The summed E-state index contributed by atoms with van der Waals surface area (Å²) in [5.41, 5.74) is 2.61. The van der Waals surface area contributed by atoms with Crippen LogP contribution in [0.5, 0.6) is 0 Å². The highest BCUT2D eigenvalue weighted by atomic mass is 79.9. The molecule has 0 unspecified atom stereocenters. The molecule has 2 heteroatoms. The molecule has 0 saturated carbocycles. The van der Waals surface area contributed by atoms with Gasteiger partial charge in [-0.15, -0.1) is 11.3 Å². The van der Waals surface area contributed by atoms with Crippen LogP contribution in [0.15, 0.2) is 65.1 Å². The summed E-state index contributed by atoms with van der Waals surface area (Å²) in [6.07, 6.45) is 0. The van der Waals surface area contributed by atoms with Gasteiger partial charge >= 0.3 is 0 Å². The molecule has 1 aromatic heterocycles. The zero-order valence-corrected chi connectivity index (χ0v) is 14.0. The van der Waals surface area contributed by atoms with Gasteiger partial charge in [0, 0.05) is 14.0 Å². The lowest BCUT2D eigenvalue weighted by Gasteiger charge is -2.04. The summed E-state index contributed by atoms with van der Waals surface area (Å²) in [4.78, 5) is 1.33.